The Morgan fingerprint density at radius 2 is 1.96 bits per heavy atom. The molecule has 7 heteroatoms. The number of rotatable bonds is 5. The lowest BCUT2D eigenvalue weighted by Crippen LogP contribution is -2.29. The maximum Gasteiger partial charge on any atom is 0.258 e. The fourth-order valence-corrected chi connectivity index (χ4v) is 4.94. The highest BCUT2D eigenvalue weighted by Crippen LogP contribution is 2.27. The topological polar surface area (TPSA) is 69.8 Å². The van der Waals surface area contributed by atoms with E-state index in [-0.39, 0.29) is 11.4 Å². The number of aromatic nitrogens is 2. The van der Waals surface area contributed by atoms with Gasteiger partial charge in [-0.25, -0.2) is 9.37 Å². The molecule has 1 aliphatic heterocycles. The zero-order valence-electron chi connectivity index (χ0n) is 14.8. The molecule has 0 unspecified atom stereocenters. The Kier molecular flexibility index (Phi) is 5.45. The molecule has 0 radical (unpaired) electrons. The number of nitrogens with zero attached hydrogens (tertiary/aromatic N) is 1. The number of hydrogen-bond acceptors (Lipinski definition) is 5. The van der Waals surface area contributed by atoms with Gasteiger partial charge >= 0.3 is 0 Å². The molecule has 1 saturated carbocycles. The monoisotopic (exact) mass is 376 g/mol. The SMILES string of the molecule is O=c1[nH]c(CSC2CCNCC2)nc2cc(NC3CCCC3)c(F)cc12. The second-order valence-electron chi connectivity index (χ2n) is 7.25. The van der Waals surface area contributed by atoms with Gasteiger partial charge in [0.15, 0.2) is 0 Å². The first kappa shape index (κ1) is 17.8. The molecule has 5 nitrogen and oxygen atoms in total. The molecular weight excluding hydrogens is 351 g/mol. The molecule has 4 rings (SSSR count). The van der Waals surface area contributed by atoms with Gasteiger partial charge in [-0.1, -0.05) is 12.8 Å². The normalized spacial score (nSPS) is 19.3. The van der Waals surface area contributed by atoms with E-state index in [0.29, 0.717) is 39.5 Å². The van der Waals surface area contributed by atoms with Gasteiger partial charge in [0, 0.05) is 11.3 Å². The third-order valence-corrected chi connectivity index (χ3v) is 6.68. The number of nitrogens with one attached hydrogen (secondary N) is 3. The lowest BCUT2D eigenvalue weighted by Gasteiger charge is -2.21. The maximum absolute atomic E-state index is 14.4. The van der Waals surface area contributed by atoms with E-state index in [0.717, 1.165) is 38.8 Å². The van der Waals surface area contributed by atoms with Crippen LogP contribution < -0.4 is 16.2 Å². The Balaban J connectivity index is 1.55. The second-order valence-corrected chi connectivity index (χ2v) is 8.54. The summed E-state index contributed by atoms with van der Waals surface area (Å²) in [4.78, 5) is 19.8. The molecule has 2 aromatic rings. The largest absolute Gasteiger partial charge is 0.380 e. The second kappa shape index (κ2) is 7.96. The van der Waals surface area contributed by atoms with E-state index < -0.39 is 0 Å². The van der Waals surface area contributed by atoms with E-state index in [4.69, 9.17) is 0 Å². The van der Waals surface area contributed by atoms with Gasteiger partial charge in [0.1, 0.15) is 11.6 Å². The third-order valence-electron chi connectivity index (χ3n) is 5.30. The van der Waals surface area contributed by atoms with Crippen LogP contribution in [0.5, 0.6) is 0 Å². The average Bonchev–Trinajstić information content (AvgIpc) is 3.15. The predicted octanol–water partition coefficient (Wildman–Crippen LogP) is 3.40. The number of anilines is 1. The van der Waals surface area contributed by atoms with Crippen LogP contribution in [-0.2, 0) is 5.75 Å². The fraction of sp³-hybridized carbons (Fsp3) is 0.579. The van der Waals surface area contributed by atoms with Crippen molar-refractivity contribution >= 4 is 28.4 Å². The smallest absolute Gasteiger partial charge is 0.258 e. The van der Waals surface area contributed by atoms with Crippen LogP contribution in [0.3, 0.4) is 0 Å². The Hall–Kier alpha value is -1.60. The first-order valence-electron chi connectivity index (χ1n) is 9.50. The zero-order valence-corrected chi connectivity index (χ0v) is 15.6. The van der Waals surface area contributed by atoms with Crippen LogP contribution in [0.2, 0.25) is 0 Å². The molecule has 1 aromatic heterocycles. The predicted molar refractivity (Wildman–Crippen MR) is 105 cm³/mol. The van der Waals surface area contributed by atoms with Crippen LogP contribution in [0.1, 0.15) is 44.3 Å². The summed E-state index contributed by atoms with van der Waals surface area (Å²) >= 11 is 1.84. The molecule has 0 spiro atoms. The van der Waals surface area contributed by atoms with Crippen molar-refractivity contribution in [2.75, 3.05) is 18.4 Å². The quantitative estimate of drug-likeness (QED) is 0.746. The third kappa shape index (κ3) is 4.04. The van der Waals surface area contributed by atoms with Crippen LogP contribution >= 0.6 is 11.8 Å². The molecule has 0 amide bonds. The molecule has 3 N–H and O–H groups in total. The van der Waals surface area contributed by atoms with Crippen molar-refractivity contribution in [3.05, 3.63) is 34.1 Å². The Morgan fingerprint density at radius 3 is 2.73 bits per heavy atom. The highest BCUT2D eigenvalue weighted by Gasteiger charge is 2.18. The van der Waals surface area contributed by atoms with Crippen molar-refractivity contribution in [3.8, 4) is 0 Å². The molecule has 1 aliphatic carbocycles. The minimum absolute atomic E-state index is 0.262. The average molecular weight is 377 g/mol. The van der Waals surface area contributed by atoms with Gasteiger partial charge in [-0.2, -0.15) is 11.8 Å². The Morgan fingerprint density at radius 1 is 1.19 bits per heavy atom. The lowest BCUT2D eigenvalue weighted by molar-refractivity contribution is 0.531. The van der Waals surface area contributed by atoms with Gasteiger partial charge in [-0.05, 0) is 50.9 Å². The first-order valence-corrected chi connectivity index (χ1v) is 10.6. The summed E-state index contributed by atoms with van der Waals surface area (Å²) in [7, 11) is 0. The number of H-pyrrole nitrogens is 1. The Bertz CT molecular complexity index is 828. The molecule has 0 atom stereocenters. The summed E-state index contributed by atoms with van der Waals surface area (Å²) in [6.07, 6.45) is 6.79. The van der Waals surface area contributed by atoms with Crippen molar-refractivity contribution < 1.29 is 4.39 Å². The molecule has 2 fully saturated rings. The minimum atomic E-state index is -0.381. The van der Waals surface area contributed by atoms with Gasteiger partial charge in [0.25, 0.3) is 5.56 Å². The van der Waals surface area contributed by atoms with Crippen LogP contribution in [0.4, 0.5) is 10.1 Å². The van der Waals surface area contributed by atoms with Gasteiger partial charge in [-0.15, -0.1) is 0 Å². The molecule has 0 bridgehead atoms. The van der Waals surface area contributed by atoms with Crippen molar-refractivity contribution in [2.45, 2.75) is 55.6 Å². The van der Waals surface area contributed by atoms with Crippen LogP contribution in [0, 0.1) is 5.82 Å². The van der Waals surface area contributed by atoms with Crippen LogP contribution in [0.25, 0.3) is 10.9 Å². The molecule has 1 saturated heterocycles. The van der Waals surface area contributed by atoms with Crippen LogP contribution in [0.15, 0.2) is 16.9 Å². The van der Waals surface area contributed by atoms with Crippen LogP contribution in [-0.4, -0.2) is 34.3 Å². The molecule has 2 heterocycles. The van der Waals surface area contributed by atoms with Crippen molar-refractivity contribution in [3.63, 3.8) is 0 Å². The number of aromatic amines is 1. The molecule has 26 heavy (non-hydrogen) atoms. The number of fused-ring (bicyclic) bond motifs is 1. The van der Waals surface area contributed by atoms with E-state index in [1.54, 1.807) is 6.07 Å². The zero-order chi connectivity index (χ0) is 17.9. The Labute approximate surface area is 156 Å². The highest BCUT2D eigenvalue weighted by atomic mass is 32.2. The highest BCUT2D eigenvalue weighted by molar-refractivity contribution is 7.99. The van der Waals surface area contributed by atoms with Crippen molar-refractivity contribution in [1.82, 2.24) is 15.3 Å². The summed E-state index contributed by atoms with van der Waals surface area (Å²) in [5.41, 5.74) is 0.762. The van der Waals surface area contributed by atoms with E-state index in [1.165, 1.54) is 18.9 Å². The van der Waals surface area contributed by atoms with Gasteiger partial charge < -0.3 is 15.6 Å². The molecular formula is C19H25FN4OS. The summed E-state index contributed by atoms with van der Waals surface area (Å²) in [5.74, 6) is 0.969. The summed E-state index contributed by atoms with van der Waals surface area (Å²) in [5, 5.41) is 7.56. The van der Waals surface area contributed by atoms with E-state index >= 15 is 0 Å². The number of halogens is 1. The fourth-order valence-electron chi connectivity index (χ4n) is 3.84. The lowest BCUT2D eigenvalue weighted by atomic mass is 10.2. The van der Waals surface area contributed by atoms with E-state index in [1.807, 2.05) is 11.8 Å². The van der Waals surface area contributed by atoms with Crippen molar-refractivity contribution in [2.24, 2.45) is 0 Å². The van der Waals surface area contributed by atoms with Gasteiger partial charge in [0.2, 0.25) is 0 Å². The standard InChI is InChI=1S/C19H25FN4OS/c20-15-9-14-16(10-17(15)22-12-3-1-2-4-12)23-18(24-19(14)25)11-26-13-5-7-21-8-6-13/h9-10,12-13,21-22H,1-8,11H2,(H,23,24,25). The van der Waals surface area contributed by atoms with Gasteiger partial charge in [-0.3, -0.25) is 4.79 Å². The summed E-state index contributed by atoms with van der Waals surface area (Å²) in [6.45, 7) is 2.10. The molecule has 140 valence electrons. The molecule has 1 aromatic carbocycles. The number of benzene rings is 1. The first-order chi connectivity index (χ1) is 12.7. The van der Waals surface area contributed by atoms with E-state index in [2.05, 4.69) is 20.6 Å². The maximum atomic E-state index is 14.4. The van der Waals surface area contributed by atoms with Crippen molar-refractivity contribution in [1.29, 1.82) is 0 Å². The van der Waals surface area contributed by atoms with E-state index in [9.17, 15) is 9.18 Å². The number of hydrogen-bond donors (Lipinski definition) is 3. The molecule has 2 aliphatic rings. The minimum Gasteiger partial charge on any atom is -0.380 e. The number of thioether (sulfide) groups is 1. The number of piperidine rings is 1. The summed E-state index contributed by atoms with van der Waals surface area (Å²) in [6, 6.07) is 3.32. The summed E-state index contributed by atoms with van der Waals surface area (Å²) < 4.78 is 14.4. The van der Waals surface area contributed by atoms with Gasteiger partial charge in [0.05, 0.1) is 22.3 Å².